The minimum Gasteiger partial charge on any atom is -0.368 e. The molecule has 0 bridgehead atoms. The molecule has 2 saturated heterocycles. The Bertz CT molecular complexity index is 768. The molecule has 1 unspecified atom stereocenters. The summed E-state index contributed by atoms with van der Waals surface area (Å²) >= 11 is 0. The number of nitrogen functional groups attached to an aromatic ring is 1. The quantitative estimate of drug-likeness (QED) is 0.766. The SMILES string of the molecule is C[C@@]1(F)[C@@H]2O[PH](=O)OC[C@H]2O[C@H]1n1cnc2cnc(N)nc21. The average molecular weight is 329 g/mol. The van der Waals surface area contributed by atoms with Crippen LogP contribution in [0.4, 0.5) is 10.3 Å². The topological polar surface area (TPSA) is 114 Å². The van der Waals surface area contributed by atoms with Gasteiger partial charge < -0.3 is 19.5 Å². The lowest BCUT2D eigenvalue weighted by molar-refractivity contribution is -0.0576. The summed E-state index contributed by atoms with van der Waals surface area (Å²) in [7, 11) is -2.70. The van der Waals surface area contributed by atoms with E-state index in [1.807, 2.05) is 0 Å². The minimum absolute atomic E-state index is 0.0161. The van der Waals surface area contributed by atoms with Gasteiger partial charge in [0.2, 0.25) is 5.95 Å². The Labute approximate surface area is 124 Å². The maximum atomic E-state index is 15.2. The highest BCUT2D eigenvalue weighted by Crippen LogP contribution is 2.50. The van der Waals surface area contributed by atoms with Gasteiger partial charge in [-0.25, -0.2) is 14.4 Å². The molecule has 2 aliphatic rings. The highest BCUT2D eigenvalue weighted by molar-refractivity contribution is 7.33. The van der Waals surface area contributed by atoms with Gasteiger partial charge in [-0.05, 0) is 6.92 Å². The molecule has 2 aromatic heterocycles. The van der Waals surface area contributed by atoms with E-state index in [1.165, 1.54) is 24.0 Å². The maximum absolute atomic E-state index is 15.2. The summed E-state index contributed by atoms with van der Waals surface area (Å²) < 4.78 is 43.8. The van der Waals surface area contributed by atoms with Gasteiger partial charge in [0.1, 0.15) is 17.7 Å². The predicted octanol–water partition coefficient (Wildman–Crippen LogP) is 0.839. The Hall–Kier alpha value is -1.61. The second-order valence-corrected chi connectivity index (χ2v) is 6.39. The van der Waals surface area contributed by atoms with Crippen LogP contribution in [0.2, 0.25) is 0 Å². The molecule has 0 aromatic carbocycles. The van der Waals surface area contributed by atoms with Gasteiger partial charge in [0, 0.05) is 0 Å². The first-order valence-corrected chi connectivity index (χ1v) is 7.82. The minimum atomic E-state index is -2.70. The fraction of sp³-hybridized carbons (Fsp3) is 0.545. The number of nitrogens with two attached hydrogens (primary N) is 1. The normalized spacial score (nSPS) is 38.3. The molecule has 0 saturated carbocycles. The van der Waals surface area contributed by atoms with Crippen molar-refractivity contribution < 1.29 is 22.7 Å². The molecule has 4 heterocycles. The van der Waals surface area contributed by atoms with Crippen molar-refractivity contribution in [3.05, 3.63) is 12.5 Å². The number of fused-ring (bicyclic) bond motifs is 2. The highest BCUT2D eigenvalue weighted by Gasteiger charge is 2.59. The van der Waals surface area contributed by atoms with Crippen molar-refractivity contribution >= 4 is 25.4 Å². The lowest BCUT2D eigenvalue weighted by Crippen LogP contribution is -2.43. The molecule has 5 atom stereocenters. The van der Waals surface area contributed by atoms with Crippen molar-refractivity contribution in [2.75, 3.05) is 12.3 Å². The third kappa shape index (κ3) is 1.95. The van der Waals surface area contributed by atoms with Crippen LogP contribution in [0.25, 0.3) is 11.2 Å². The van der Waals surface area contributed by atoms with Crippen molar-refractivity contribution in [1.29, 1.82) is 0 Å². The first-order chi connectivity index (χ1) is 10.5. The van der Waals surface area contributed by atoms with Crippen LogP contribution in [0, 0.1) is 0 Å². The third-order valence-corrected chi connectivity index (χ3v) is 4.71. The van der Waals surface area contributed by atoms with Crippen LogP contribution in [-0.2, 0) is 18.3 Å². The molecule has 0 aliphatic carbocycles. The van der Waals surface area contributed by atoms with Crippen LogP contribution in [0.5, 0.6) is 0 Å². The van der Waals surface area contributed by atoms with E-state index in [1.54, 1.807) is 0 Å². The number of halogens is 1. The van der Waals surface area contributed by atoms with Gasteiger partial charge in [0.15, 0.2) is 17.5 Å². The number of aromatic nitrogens is 4. The zero-order chi connectivity index (χ0) is 15.5. The second-order valence-electron chi connectivity index (χ2n) is 5.37. The molecule has 0 spiro atoms. The standard InChI is InChI=1S/C11H13FN5O4P/c1-11(12)7-6(3-19-22(18)21-7)20-9(11)17-4-15-5-2-14-10(13)16-8(5)17/h2,4,6-7,9,22H,3H2,1H3,(H2,13,14,16)/t6-,7-,9-,11-/m1/s1. The number of rotatable bonds is 1. The Balaban J connectivity index is 1.78. The molecular formula is C11H13FN5O4P. The summed E-state index contributed by atoms with van der Waals surface area (Å²) in [6, 6.07) is 0. The number of nitrogens with zero attached hydrogens (tertiary/aromatic N) is 4. The Morgan fingerprint density at radius 1 is 1.55 bits per heavy atom. The van der Waals surface area contributed by atoms with Gasteiger partial charge in [-0.3, -0.25) is 9.13 Å². The largest absolute Gasteiger partial charge is 0.368 e. The summed E-state index contributed by atoms with van der Waals surface area (Å²) in [6.45, 7) is 1.35. The van der Waals surface area contributed by atoms with E-state index in [4.69, 9.17) is 19.5 Å². The van der Waals surface area contributed by atoms with Gasteiger partial charge in [-0.1, -0.05) is 0 Å². The maximum Gasteiger partial charge on any atom is 0.319 e. The van der Waals surface area contributed by atoms with Crippen molar-refractivity contribution in [3.8, 4) is 0 Å². The van der Waals surface area contributed by atoms with E-state index >= 15 is 4.39 Å². The van der Waals surface area contributed by atoms with Crippen molar-refractivity contribution in [2.24, 2.45) is 0 Å². The Morgan fingerprint density at radius 3 is 3.18 bits per heavy atom. The average Bonchev–Trinajstić information content (AvgIpc) is 2.98. The summed E-state index contributed by atoms with van der Waals surface area (Å²) in [5, 5.41) is 0. The number of ether oxygens (including phenoxy) is 1. The number of imidazole rings is 1. The molecular weight excluding hydrogens is 316 g/mol. The van der Waals surface area contributed by atoms with Gasteiger partial charge in [-0.2, -0.15) is 4.98 Å². The van der Waals surface area contributed by atoms with Crippen LogP contribution < -0.4 is 5.73 Å². The van der Waals surface area contributed by atoms with Crippen LogP contribution in [0.3, 0.4) is 0 Å². The van der Waals surface area contributed by atoms with Crippen LogP contribution in [0.15, 0.2) is 12.5 Å². The fourth-order valence-electron chi connectivity index (χ4n) is 2.83. The monoisotopic (exact) mass is 329 g/mol. The van der Waals surface area contributed by atoms with Crippen molar-refractivity contribution in [3.63, 3.8) is 0 Å². The van der Waals surface area contributed by atoms with Crippen molar-refractivity contribution in [2.45, 2.75) is 31.0 Å². The smallest absolute Gasteiger partial charge is 0.319 e. The molecule has 0 amide bonds. The molecule has 2 N–H and O–H groups in total. The third-order valence-electron chi connectivity index (χ3n) is 3.86. The zero-order valence-electron chi connectivity index (χ0n) is 11.5. The van der Waals surface area contributed by atoms with Gasteiger partial charge in [0.05, 0.1) is 19.1 Å². The number of hydrogen-bond acceptors (Lipinski definition) is 8. The number of hydrogen-bond donors (Lipinski definition) is 1. The van der Waals surface area contributed by atoms with E-state index < -0.39 is 32.4 Å². The van der Waals surface area contributed by atoms with Crippen LogP contribution in [0.1, 0.15) is 13.2 Å². The van der Waals surface area contributed by atoms with Crippen LogP contribution in [-0.4, -0.2) is 44.0 Å². The summed E-state index contributed by atoms with van der Waals surface area (Å²) in [5.74, 6) is 0.0508. The number of anilines is 1. The van der Waals surface area contributed by atoms with Crippen molar-refractivity contribution in [1.82, 2.24) is 19.5 Å². The predicted molar refractivity (Wildman–Crippen MR) is 73.0 cm³/mol. The molecule has 11 heteroatoms. The van der Waals surface area contributed by atoms with E-state index in [-0.39, 0.29) is 12.6 Å². The van der Waals surface area contributed by atoms with Gasteiger partial charge in [-0.15, -0.1) is 0 Å². The van der Waals surface area contributed by atoms with E-state index in [9.17, 15) is 4.57 Å². The van der Waals surface area contributed by atoms with Crippen LogP contribution >= 0.6 is 8.25 Å². The van der Waals surface area contributed by atoms with E-state index in [0.29, 0.717) is 11.2 Å². The second kappa shape index (κ2) is 4.69. The molecule has 2 fully saturated rings. The molecule has 2 aliphatic heterocycles. The molecule has 118 valence electrons. The Kier molecular flexibility index (Phi) is 2.99. The summed E-state index contributed by atoms with van der Waals surface area (Å²) in [5.41, 5.74) is 4.47. The summed E-state index contributed by atoms with van der Waals surface area (Å²) in [6.07, 6.45) is 0.180. The van der Waals surface area contributed by atoms with Gasteiger partial charge in [0.25, 0.3) is 0 Å². The molecule has 4 rings (SSSR count). The lowest BCUT2D eigenvalue weighted by Gasteiger charge is -2.29. The van der Waals surface area contributed by atoms with E-state index in [2.05, 4.69) is 15.0 Å². The molecule has 9 nitrogen and oxygen atoms in total. The Morgan fingerprint density at radius 2 is 2.36 bits per heavy atom. The first-order valence-electron chi connectivity index (χ1n) is 6.59. The molecule has 2 aromatic rings. The highest BCUT2D eigenvalue weighted by atomic mass is 31.1. The van der Waals surface area contributed by atoms with Gasteiger partial charge >= 0.3 is 8.25 Å². The lowest BCUT2D eigenvalue weighted by atomic mass is 9.98. The zero-order valence-corrected chi connectivity index (χ0v) is 12.5. The molecule has 0 radical (unpaired) electrons. The summed E-state index contributed by atoms with van der Waals surface area (Å²) in [4.78, 5) is 12.0. The molecule has 22 heavy (non-hydrogen) atoms. The first kappa shape index (κ1) is 14.0. The number of alkyl halides is 1. The van der Waals surface area contributed by atoms with E-state index in [0.717, 1.165) is 0 Å². The fourth-order valence-corrected chi connectivity index (χ4v) is 3.79.